The number of aryl methyl sites for hydroxylation is 1. The predicted molar refractivity (Wildman–Crippen MR) is 49.2 cm³/mol. The molecule has 0 N–H and O–H groups in total. The Morgan fingerprint density at radius 3 is 2.18 bits per heavy atom. The molecule has 0 saturated carbocycles. The topological polar surface area (TPSA) is 17.8 Å². The molecule has 0 bridgehead atoms. The predicted octanol–water partition coefficient (Wildman–Crippen LogP) is 2.24. The van der Waals surface area contributed by atoms with E-state index in [0.29, 0.717) is 0 Å². The molecule has 0 aliphatic carbocycles. The first kappa shape index (κ1) is 8.65. The Balaban J connectivity index is 3.13. The Labute approximate surface area is 73.0 Å². The van der Waals surface area contributed by atoms with Crippen LogP contribution in [0.5, 0.6) is 0 Å². The van der Waals surface area contributed by atoms with Gasteiger partial charge in [-0.15, -0.1) is 12.6 Å². The minimum atomic E-state index is 0.0817. The molecule has 0 saturated heterocycles. The van der Waals surface area contributed by atoms with Gasteiger partial charge in [-0.25, -0.2) is 4.98 Å². The monoisotopic (exact) mass is 170 g/mol. The molecule has 0 fully saturated rings. The SMILES string of the molecule is Cc1cn(C(C)(C)C)c(S)n1. The maximum Gasteiger partial charge on any atom is 0.165 e. The summed E-state index contributed by atoms with van der Waals surface area (Å²) in [6.07, 6.45) is 2.02. The summed E-state index contributed by atoms with van der Waals surface area (Å²) in [6, 6.07) is 0. The van der Waals surface area contributed by atoms with Gasteiger partial charge < -0.3 is 4.57 Å². The summed E-state index contributed by atoms with van der Waals surface area (Å²) < 4.78 is 2.06. The quantitative estimate of drug-likeness (QED) is 0.591. The Morgan fingerprint density at radius 1 is 1.45 bits per heavy atom. The lowest BCUT2D eigenvalue weighted by Crippen LogP contribution is -2.21. The molecule has 0 amide bonds. The van der Waals surface area contributed by atoms with Gasteiger partial charge in [0.25, 0.3) is 0 Å². The third-order valence-corrected chi connectivity index (χ3v) is 1.85. The lowest BCUT2D eigenvalue weighted by molar-refractivity contribution is 0.368. The van der Waals surface area contributed by atoms with Crippen LogP contribution >= 0.6 is 12.6 Å². The van der Waals surface area contributed by atoms with Gasteiger partial charge in [0.15, 0.2) is 5.16 Å². The van der Waals surface area contributed by atoms with E-state index < -0.39 is 0 Å². The summed E-state index contributed by atoms with van der Waals surface area (Å²) in [6.45, 7) is 8.37. The van der Waals surface area contributed by atoms with Crippen LogP contribution in [0.3, 0.4) is 0 Å². The van der Waals surface area contributed by atoms with Crippen LogP contribution in [-0.4, -0.2) is 9.55 Å². The molecule has 1 aromatic heterocycles. The highest BCUT2D eigenvalue weighted by atomic mass is 32.1. The van der Waals surface area contributed by atoms with Crippen LogP contribution in [-0.2, 0) is 5.54 Å². The highest BCUT2D eigenvalue weighted by Gasteiger charge is 2.15. The van der Waals surface area contributed by atoms with Gasteiger partial charge in [0, 0.05) is 11.7 Å². The first-order valence-corrected chi connectivity index (χ1v) is 4.11. The van der Waals surface area contributed by atoms with Gasteiger partial charge in [0.05, 0.1) is 5.69 Å². The van der Waals surface area contributed by atoms with Crippen molar-refractivity contribution in [2.45, 2.75) is 38.4 Å². The van der Waals surface area contributed by atoms with Crippen LogP contribution in [0.1, 0.15) is 26.5 Å². The number of rotatable bonds is 0. The maximum absolute atomic E-state index is 4.26. The van der Waals surface area contributed by atoms with Gasteiger partial charge in [-0.1, -0.05) is 0 Å². The molecular formula is C8H14N2S. The summed E-state index contributed by atoms with van der Waals surface area (Å²) in [4.78, 5) is 4.20. The number of hydrogen-bond donors (Lipinski definition) is 1. The van der Waals surface area contributed by atoms with Crippen molar-refractivity contribution in [3.05, 3.63) is 11.9 Å². The second-order valence-corrected chi connectivity index (χ2v) is 4.12. The number of hydrogen-bond acceptors (Lipinski definition) is 2. The largest absolute Gasteiger partial charge is 0.321 e. The van der Waals surface area contributed by atoms with Gasteiger partial charge >= 0.3 is 0 Å². The van der Waals surface area contributed by atoms with E-state index in [1.807, 2.05) is 13.1 Å². The third-order valence-electron chi connectivity index (χ3n) is 1.53. The molecule has 0 unspecified atom stereocenters. The average molecular weight is 170 g/mol. The molecule has 0 radical (unpaired) electrons. The lowest BCUT2D eigenvalue weighted by Gasteiger charge is -2.21. The molecule has 3 heteroatoms. The van der Waals surface area contributed by atoms with Crippen LogP contribution in [0.2, 0.25) is 0 Å². The van der Waals surface area contributed by atoms with Crippen molar-refractivity contribution >= 4 is 12.6 Å². The summed E-state index contributed by atoms with van der Waals surface area (Å²) >= 11 is 4.26. The standard InChI is InChI=1S/C8H14N2S/c1-6-5-10(7(11)9-6)8(2,3)4/h5H,1-4H3,(H,9,11). The molecular weight excluding hydrogens is 156 g/mol. The van der Waals surface area contributed by atoms with Crippen molar-refractivity contribution in [3.63, 3.8) is 0 Å². The fourth-order valence-electron chi connectivity index (χ4n) is 0.979. The Hall–Kier alpha value is -0.440. The van der Waals surface area contributed by atoms with Crippen LogP contribution in [0, 0.1) is 6.92 Å². The zero-order chi connectivity index (χ0) is 8.65. The van der Waals surface area contributed by atoms with Gasteiger partial charge in [-0.2, -0.15) is 0 Å². The molecule has 0 aromatic carbocycles. The van der Waals surface area contributed by atoms with E-state index in [4.69, 9.17) is 0 Å². The first-order valence-electron chi connectivity index (χ1n) is 3.66. The Kier molecular flexibility index (Phi) is 2.01. The normalized spacial score (nSPS) is 12.1. The van der Waals surface area contributed by atoms with Crippen molar-refractivity contribution < 1.29 is 0 Å². The van der Waals surface area contributed by atoms with Gasteiger partial charge in [0.1, 0.15) is 0 Å². The van der Waals surface area contributed by atoms with E-state index in [2.05, 4.69) is 43.0 Å². The van der Waals surface area contributed by atoms with Crippen molar-refractivity contribution in [2.24, 2.45) is 0 Å². The van der Waals surface area contributed by atoms with Gasteiger partial charge in [0.2, 0.25) is 0 Å². The molecule has 11 heavy (non-hydrogen) atoms. The van der Waals surface area contributed by atoms with Crippen molar-refractivity contribution in [1.82, 2.24) is 9.55 Å². The third kappa shape index (κ3) is 1.77. The van der Waals surface area contributed by atoms with Crippen molar-refractivity contribution in [1.29, 1.82) is 0 Å². The van der Waals surface area contributed by atoms with Crippen LogP contribution in [0.4, 0.5) is 0 Å². The first-order chi connectivity index (χ1) is 4.91. The van der Waals surface area contributed by atoms with E-state index in [1.165, 1.54) is 0 Å². The van der Waals surface area contributed by atoms with Crippen molar-refractivity contribution in [2.75, 3.05) is 0 Å². The van der Waals surface area contributed by atoms with E-state index in [1.54, 1.807) is 0 Å². The van der Waals surface area contributed by atoms with Crippen LogP contribution in [0.25, 0.3) is 0 Å². The van der Waals surface area contributed by atoms with Crippen LogP contribution < -0.4 is 0 Å². The second kappa shape index (κ2) is 2.55. The van der Waals surface area contributed by atoms with E-state index in [9.17, 15) is 0 Å². The molecule has 2 nitrogen and oxygen atoms in total. The summed E-state index contributed by atoms with van der Waals surface area (Å²) in [5.41, 5.74) is 1.10. The highest BCUT2D eigenvalue weighted by Crippen LogP contribution is 2.19. The molecule has 1 heterocycles. The summed E-state index contributed by atoms with van der Waals surface area (Å²) in [7, 11) is 0. The van der Waals surface area contributed by atoms with Crippen LogP contribution in [0.15, 0.2) is 11.4 Å². The molecule has 0 aliphatic heterocycles. The van der Waals surface area contributed by atoms with Gasteiger partial charge in [-0.05, 0) is 27.7 Å². The zero-order valence-electron chi connectivity index (χ0n) is 7.42. The number of nitrogens with zero attached hydrogens (tertiary/aromatic N) is 2. The van der Waals surface area contributed by atoms with Crippen molar-refractivity contribution in [3.8, 4) is 0 Å². The molecule has 0 aliphatic rings. The fourth-order valence-corrected chi connectivity index (χ4v) is 1.49. The lowest BCUT2D eigenvalue weighted by atomic mass is 10.1. The molecule has 1 rings (SSSR count). The zero-order valence-corrected chi connectivity index (χ0v) is 8.31. The van der Waals surface area contributed by atoms with E-state index in [-0.39, 0.29) is 5.54 Å². The molecule has 0 atom stereocenters. The minimum Gasteiger partial charge on any atom is -0.321 e. The molecule has 62 valence electrons. The number of imidazole rings is 1. The Morgan fingerprint density at radius 2 is 2.00 bits per heavy atom. The fraction of sp³-hybridized carbons (Fsp3) is 0.625. The number of thiol groups is 1. The Bertz CT molecular complexity index is 258. The van der Waals surface area contributed by atoms with E-state index >= 15 is 0 Å². The summed E-state index contributed by atoms with van der Waals surface area (Å²) in [5, 5.41) is 0.787. The number of aromatic nitrogens is 2. The highest BCUT2D eigenvalue weighted by molar-refractivity contribution is 7.80. The van der Waals surface area contributed by atoms with E-state index in [0.717, 1.165) is 10.9 Å². The molecule has 0 spiro atoms. The average Bonchev–Trinajstić information content (AvgIpc) is 2.08. The smallest absolute Gasteiger partial charge is 0.165 e. The molecule has 1 aromatic rings. The second-order valence-electron chi connectivity index (χ2n) is 3.72. The minimum absolute atomic E-state index is 0.0817. The maximum atomic E-state index is 4.26. The van der Waals surface area contributed by atoms with Gasteiger partial charge in [-0.3, -0.25) is 0 Å². The summed E-state index contributed by atoms with van der Waals surface area (Å²) in [5.74, 6) is 0.